The predicted octanol–water partition coefficient (Wildman–Crippen LogP) is 6.17. The van der Waals surface area contributed by atoms with Gasteiger partial charge in [-0.3, -0.25) is 0 Å². The number of rotatable bonds is 4. The zero-order chi connectivity index (χ0) is 20.8. The second-order valence-electron chi connectivity index (χ2n) is 7.75. The third kappa shape index (κ3) is 2.88. The van der Waals surface area contributed by atoms with E-state index in [9.17, 15) is 0 Å². The van der Waals surface area contributed by atoms with Crippen molar-refractivity contribution < 1.29 is 4.74 Å². The van der Waals surface area contributed by atoms with E-state index in [0.29, 0.717) is 0 Å². The first-order valence-corrected chi connectivity index (χ1v) is 10.4. The molecule has 0 amide bonds. The first kappa shape index (κ1) is 17.8. The number of ether oxygens (including phenoxy) is 1. The summed E-state index contributed by atoms with van der Waals surface area (Å²) in [6.45, 7) is 0.801. The number of benzene rings is 3. The molecule has 0 N–H and O–H groups in total. The summed E-state index contributed by atoms with van der Waals surface area (Å²) in [5, 5.41) is 2.48. The van der Waals surface area contributed by atoms with Gasteiger partial charge in [0.05, 0.1) is 18.3 Å². The molecule has 3 aromatic heterocycles. The highest BCUT2D eigenvalue weighted by Crippen LogP contribution is 2.33. The maximum absolute atomic E-state index is 5.30. The highest BCUT2D eigenvalue weighted by atomic mass is 16.5. The van der Waals surface area contributed by atoms with Gasteiger partial charge < -0.3 is 13.7 Å². The topological polar surface area (TPSA) is 31.5 Å². The van der Waals surface area contributed by atoms with E-state index in [0.717, 1.165) is 34.7 Å². The van der Waals surface area contributed by atoms with Crippen molar-refractivity contribution in [2.45, 2.75) is 6.54 Å². The molecule has 0 saturated carbocycles. The van der Waals surface area contributed by atoms with E-state index < -0.39 is 0 Å². The van der Waals surface area contributed by atoms with Crippen LogP contribution >= 0.6 is 0 Å². The number of aromatic nitrogens is 3. The first-order chi connectivity index (χ1) is 15.3. The fraction of sp³-hybridized carbons (Fsp3) is 0.0741. The molecule has 4 heteroatoms. The van der Waals surface area contributed by atoms with Crippen molar-refractivity contribution >= 4 is 27.5 Å². The summed E-state index contributed by atoms with van der Waals surface area (Å²) in [6, 6.07) is 29.5. The third-order valence-electron chi connectivity index (χ3n) is 5.93. The second kappa shape index (κ2) is 7.03. The van der Waals surface area contributed by atoms with Gasteiger partial charge in [0, 0.05) is 40.8 Å². The summed E-state index contributed by atoms with van der Waals surface area (Å²) in [4.78, 5) is 5.07. The minimum atomic E-state index is 0.801. The molecule has 3 aromatic carbocycles. The molecule has 0 saturated heterocycles. The van der Waals surface area contributed by atoms with Crippen LogP contribution in [0.4, 0.5) is 0 Å². The van der Waals surface area contributed by atoms with Gasteiger partial charge >= 0.3 is 0 Å². The Morgan fingerprint density at radius 2 is 1.58 bits per heavy atom. The molecule has 6 rings (SSSR count). The number of para-hydroxylation sites is 1. The molecule has 0 spiro atoms. The van der Waals surface area contributed by atoms with Gasteiger partial charge in [-0.15, -0.1) is 0 Å². The highest BCUT2D eigenvalue weighted by Gasteiger charge is 2.16. The van der Waals surface area contributed by atoms with Crippen LogP contribution in [0.1, 0.15) is 5.56 Å². The SMILES string of the molecule is COc1ccc(-c2cn3ccc4c5ccccc5n(Cc5ccccc5)c4c3n2)cc1. The molecule has 6 aromatic rings. The zero-order valence-corrected chi connectivity index (χ0v) is 17.2. The Labute approximate surface area is 180 Å². The smallest absolute Gasteiger partial charge is 0.162 e. The molecule has 0 atom stereocenters. The molecule has 3 heterocycles. The molecular formula is C27H21N3O. The highest BCUT2D eigenvalue weighted by molar-refractivity contribution is 6.12. The average Bonchev–Trinajstić information content (AvgIpc) is 3.40. The minimum absolute atomic E-state index is 0.801. The van der Waals surface area contributed by atoms with Gasteiger partial charge in [-0.1, -0.05) is 48.5 Å². The number of hydrogen-bond donors (Lipinski definition) is 0. The quantitative estimate of drug-likeness (QED) is 0.353. The maximum atomic E-state index is 5.30. The summed E-state index contributed by atoms with van der Waals surface area (Å²) in [6.07, 6.45) is 4.21. The van der Waals surface area contributed by atoms with Crippen molar-refractivity contribution in [3.8, 4) is 17.0 Å². The van der Waals surface area contributed by atoms with Crippen molar-refractivity contribution in [1.82, 2.24) is 14.0 Å². The van der Waals surface area contributed by atoms with Crippen LogP contribution in [-0.4, -0.2) is 21.1 Å². The van der Waals surface area contributed by atoms with Gasteiger partial charge in [-0.05, 0) is 42.0 Å². The van der Waals surface area contributed by atoms with Gasteiger partial charge in [0.25, 0.3) is 0 Å². The molecule has 0 aliphatic rings. The monoisotopic (exact) mass is 403 g/mol. The number of hydrogen-bond acceptors (Lipinski definition) is 2. The fourth-order valence-electron chi connectivity index (χ4n) is 4.41. The van der Waals surface area contributed by atoms with Gasteiger partial charge in [0.15, 0.2) is 5.65 Å². The van der Waals surface area contributed by atoms with Crippen LogP contribution in [0.15, 0.2) is 97.3 Å². The summed E-state index contributed by atoms with van der Waals surface area (Å²) >= 11 is 0. The molecule has 0 unspecified atom stereocenters. The molecule has 0 aliphatic heterocycles. The van der Waals surface area contributed by atoms with Crippen molar-refractivity contribution in [1.29, 1.82) is 0 Å². The molecule has 0 bridgehead atoms. The molecule has 150 valence electrons. The standard InChI is InChI=1S/C27H21N3O/c1-31-21-13-11-20(12-14-21)24-18-29-16-15-23-22-9-5-6-10-25(22)30(26(23)27(29)28-24)17-19-7-3-2-4-8-19/h2-16,18H,17H2,1H3. The average molecular weight is 403 g/mol. The molecular weight excluding hydrogens is 382 g/mol. The van der Waals surface area contributed by atoms with Gasteiger partial charge in [-0.2, -0.15) is 0 Å². The van der Waals surface area contributed by atoms with Crippen LogP contribution in [0.25, 0.3) is 38.7 Å². The minimum Gasteiger partial charge on any atom is -0.497 e. The van der Waals surface area contributed by atoms with E-state index in [-0.39, 0.29) is 0 Å². The molecule has 0 aliphatic carbocycles. The number of nitrogens with zero attached hydrogens (tertiary/aromatic N) is 3. The summed E-state index contributed by atoms with van der Waals surface area (Å²) in [7, 11) is 1.68. The normalized spacial score (nSPS) is 11.5. The number of pyridine rings is 1. The van der Waals surface area contributed by atoms with Crippen LogP contribution in [0, 0.1) is 0 Å². The van der Waals surface area contributed by atoms with Crippen molar-refractivity contribution in [2.75, 3.05) is 7.11 Å². The van der Waals surface area contributed by atoms with Crippen LogP contribution < -0.4 is 4.74 Å². The van der Waals surface area contributed by atoms with Crippen LogP contribution in [-0.2, 0) is 6.54 Å². The van der Waals surface area contributed by atoms with Gasteiger partial charge in [0.2, 0.25) is 0 Å². The zero-order valence-electron chi connectivity index (χ0n) is 17.2. The van der Waals surface area contributed by atoms with E-state index in [1.165, 1.54) is 21.9 Å². The molecule has 0 fully saturated rings. The molecule has 31 heavy (non-hydrogen) atoms. The van der Waals surface area contributed by atoms with E-state index in [4.69, 9.17) is 9.72 Å². The maximum Gasteiger partial charge on any atom is 0.162 e. The van der Waals surface area contributed by atoms with E-state index in [1.807, 2.05) is 12.1 Å². The Morgan fingerprint density at radius 1 is 0.806 bits per heavy atom. The summed E-state index contributed by atoms with van der Waals surface area (Å²) < 4.78 is 9.81. The largest absolute Gasteiger partial charge is 0.497 e. The van der Waals surface area contributed by atoms with Crippen LogP contribution in [0.3, 0.4) is 0 Å². The van der Waals surface area contributed by atoms with Crippen LogP contribution in [0.5, 0.6) is 5.75 Å². The van der Waals surface area contributed by atoms with Gasteiger partial charge in [-0.25, -0.2) is 4.98 Å². The first-order valence-electron chi connectivity index (χ1n) is 10.4. The van der Waals surface area contributed by atoms with E-state index in [1.54, 1.807) is 7.11 Å². The lowest BCUT2D eigenvalue weighted by Crippen LogP contribution is -2.00. The van der Waals surface area contributed by atoms with E-state index in [2.05, 4.69) is 94.2 Å². The molecule has 0 radical (unpaired) electrons. The van der Waals surface area contributed by atoms with Gasteiger partial charge in [0.1, 0.15) is 5.75 Å². The van der Waals surface area contributed by atoms with E-state index >= 15 is 0 Å². The Balaban J connectivity index is 1.61. The molecule has 4 nitrogen and oxygen atoms in total. The number of imidazole rings is 1. The van der Waals surface area contributed by atoms with Crippen molar-refractivity contribution in [2.24, 2.45) is 0 Å². The Morgan fingerprint density at radius 3 is 2.39 bits per heavy atom. The summed E-state index contributed by atoms with van der Waals surface area (Å²) in [5.74, 6) is 0.845. The van der Waals surface area contributed by atoms with Crippen molar-refractivity contribution in [3.63, 3.8) is 0 Å². The summed E-state index contributed by atoms with van der Waals surface area (Å²) in [5.41, 5.74) is 6.65. The lowest BCUT2D eigenvalue weighted by atomic mass is 10.2. The Kier molecular flexibility index (Phi) is 4.03. The number of methoxy groups -OCH3 is 1. The lowest BCUT2D eigenvalue weighted by Gasteiger charge is -2.08. The van der Waals surface area contributed by atoms with Crippen molar-refractivity contribution in [3.05, 3.63) is 103 Å². The third-order valence-corrected chi connectivity index (χ3v) is 5.93. The predicted molar refractivity (Wildman–Crippen MR) is 126 cm³/mol. The number of fused-ring (bicyclic) bond motifs is 5. The Bertz CT molecular complexity index is 1530. The Hall–Kier alpha value is -4.05. The fourth-order valence-corrected chi connectivity index (χ4v) is 4.41. The second-order valence-corrected chi connectivity index (χ2v) is 7.75. The lowest BCUT2D eigenvalue weighted by molar-refractivity contribution is 0.415. The van der Waals surface area contributed by atoms with Crippen LogP contribution in [0.2, 0.25) is 0 Å².